The van der Waals surface area contributed by atoms with Gasteiger partial charge < -0.3 is 10.6 Å². The van der Waals surface area contributed by atoms with E-state index in [-0.39, 0.29) is 11.7 Å². The van der Waals surface area contributed by atoms with Crippen LogP contribution in [0.2, 0.25) is 0 Å². The lowest BCUT2D eigenvalue weighted by Gasteiger charge is -2.27. The first-order valence-corrected chi connectivity index (χ1v) is 6.51. The van der Waals surface area contributed by atoms with Gasteiger partial charge in [0.15, 0.2) is 0 Å². The van der Waals surface area contributed by atoms with Crippen molar-refractivity contribution in [3.05, 3.63) is 0 Å². The van der Waals surface area contributed by atoms with Gasteiger partial charge in [-0.1, -0.05) is 0 Å². The molecule has 1 amide bonds. The zero-order valence-corrected chi connectivity index (χ0v) is 8.94. The van der Waals surface area contributed by atoms with Crippen LogP contribution in [0, 0.1) is 0 Å². The fourth-order valence-electron chi connectivity index (χ4n) is 1.39. The van der Waals surface area contributed by atoms with Crippen LogP contribution in [-0.4, -0.2) is 40.3 Å². The van der Waals surface area contributed by atoms with Gasteiger partial charge in [0.2, 0.25) is 5.91 Å². The summed E-state index contributed by atoms with van der Waals surface area (Å²) in [5, 5.41) is 6.31. The molecule has 14 heavy (non-hydrogen) atoms. The average molecular weight is 216 g/mol. The molecule has 5 heteroatoms. The van der Waals surface area contributed by atoms with Gasteiger partial charge in [-0.15, -0.1) is 0 Å². The molecule has 1 aliphatic heterocycles. The number of nitrogens with one attached hydrogen (secondary N) is 2. The highest BCUT2D eigenvalue weighted by Crippen LogP contribution is 2.25. The molecule has 2 aliphatic rings. The van der Waals surface area contributed by atoms with E-state index < -0.39 is 10.8 Å². The Balaban J connectivity index is 1.59. The maximum atomic E-state index is 11.4. The van der Waals surface area contributed by atoms with E-state index in [1.54, 1.807) is 0 Å². The van der Waals surface area contributed by atoms with Gasteiger partial charge in [0.25, 0.3) is 0 Å². The molecule has 0 aromatic carbocycles. The quantitative estimate of drug-likeness (QED) is 0.643. The summed E-state index contributed by atoms with van der Waals surface area (Å²) in [5.74, 6) is 0.126. The van der Waals surface area contributed by atoms with Crippen molar-refractivity contribution in [2.45, 2.75) is 30.6 Å². The first-order valence-electron chi connectivity index (χ1n) is 5.13. The summed E-state index contributed by atoms with van der Waals surface area (Å²) in [5.41, 5.74) is 0. The van der Waals surface area contributed by atoms with Crippen LogP contribution in [0.4, 0.5) is 0 Å². The van der Waals surface area contributed by atoms with Crippen LogP contribution in [0.15, 0.2) is 0 Å². The van der Waals surface area contributed by atoms with Crippen LogP contribution in [-0.2, 0) is 15.6 Å². The fraction of sp³-hybridized carbons (Fsp3) is 0.889. The highest BCUT2D eigenvalue weighted by Gasteiger charge is 2.29. The Bertz CT molecular complexity index is 249. The maximum Gasteiger partial charge on any atom is 0.232 e. The summed E-state index contributed by atoms with van der Waals surface area (Å²) in [6.07, 6.45) is 3.19. The van der Waals surface area contributed by atoms with E-state index in [1.807, 2.05) is 0 Å². The second kappa shape index (κ2) is 4.40. The van der Waals surface area contributed by atoms with Gasteiger partial charge in [-0.05, 0) is 25.8 Å². The number of hydrogen-bond donors (Lipinski definition) is 2. The molecule has 80 valence electrons. The number of rotatable bonds is 5. The Hall–Kier alpha value is -0.420. The van der Waals surface area contributed by atoms with Crippen molar-refractivity contribution < 1.29 is 9.00 Å². The SMILES string of the molecule is O=C(CS(=O)C1CC1)NCC1CCN1. The Morgan fingerprint density at radius 3 is 2.64 bits per heavy atom. The van der Waals surface area contributed by atoms with Crippen LogP contribution in [0.1, 0.15) is 19.3 Å². The summed E-state index contributed by atoms with van der Waals surface area (Å²) in [7, 11) is -0.922. The summed E-state index contributed by atoms with van der Waals surface area (Å²) in [4.78, 5) is 11.3. The molecule has 0 aromatic heterocycles. The molecule has 2 N–H and O–H groups in total. The van der Waals surface area contributed by atoms with E-state index in [4.69, 9.17) is 0 Å². The fourth-order valence-corrected chi connectivity index (χ4v) is 2.65. The van der Waals surface area contributed by atoms with Crippen molar-refractivity contribution in [3.63, 3.8) is 0 Å². The second-order valence-electron chi connectivity index (χ2n) is 3.97. The number of hydrogen-bond acceptors (Lipinski definition) is 3. The third-order valence-corrected chi connectivity index (χ3v) is 4.40. The van der Waals surface area contributed by atoms with Gasteiger partial charge in [-0.2, -0.15) is 0 Å². The maximum absolute atomic E-state index is 11.4. The standard InChI is InChI=1S/C9H16N2O2S/c12-9(6-14(13)8-1-2-8)11-5-7-3-4-10-7/h7-8,10H,1-6H2,(H,11,12). The van der Waals surface area contributed by atoms with Gasteiger partial charge >= 0.3 is 0 Å². The van der Waals surface area contributed by atoms with E-state index in [0.717, 1.165) is 25.8 Å². The molecule has 2 rings (SSSR count). The molecule has 2 fully saturated rings. The molecule has 2 atom stereocenters. The molecule has 4 nitrogen and oxygen atoms in total. The minimum absolute atomic E-state index is 0.0658. The lowest BCUT2D eigenvalue weighted by atomic mass is 10.1. The van der Waals surface area contributed by atoms with E-state index in [2.05, 4.69) is 10.6 Å². The van der Waals surface area contributed by atoms with Crippen LogP contribution in [0.25, 0.3) is 0 Å². The van der Waals surface area contributed by atoms with Crippen molar-refractivity contribution in [1.82, 2.24) is 10.6 Å². The van der Waals surface area contributed by atoms with Crippen molar-refractivity contribution in [3.8, 4) is 0 Å². The molecule has 0 aromatic rings. The van der Waals surface area contributed by atoms with Crippen LogP contribution >= 0.6 is 0 Å². The smallest absolute Gasteiger partial charge is 0.232 e. The largest absolute Gasteiger partial charge is 0.354 e. The van der Waals surface area contributed by atoms with Crippen LogP contribution < -0.4 is 10.6 Å². The van der Waals surface area contributed by atoms with Crippen LogP contribution in [0.3, 0.4) is 0 Å². The topological polar surface area (TPSA) is 58.2 Å². The average Bonchev–Trinajstić information content (AvgIpc) is 2.82. The zero-order valence-electron chi connectivity index (χ0n) is 8.12. The number of carbonyl (C=O) groups excluding carboxylic acids is 1. The van der Waals surface area contributed by atoms with Gasteiger partial charge in [0, 0.05) is 28.6 Å². The molecule has 1 heterocycles. The molecule has 2 unspecified atom stereocenters. The summed E-state index contributed by atoms with van der Waals surface area (Å²) in [6.45, 7) is 1.73. The summed E-state index contributed by atoms with van der Waals surface area (Å²) >= 11 is 0. The van der Waals surface area contributed by atoms with Crippen molar-refractivity contribution in [1.29, 1.82) is 0 Å². The molecular formula is C9H16N2O2S. The molecular weight excluding hydrogens is 200 g/mol. The van der Waals surface area contributed by atoms with Gasteiger partial charge in [0.05, 0.1) is 0 Å². The summed E-state index contributed by atoms with van der Waals surface area (Å²) < 4.78 is 11.4. The van der Waals surface area contributed by atoms with E-state index in [1.165, 1.54) is 0 Å². The monoisotopic (exact) mass is 216 g/mol. The Morgan fingerprint density at radius 2 is 2.14 bits per heavy atom. The summed E-state index contributed by atoms with van der Waals surface area (Å²) in [6, 6.07) is 0.438. The predicted molar refractivity (Wildman–Crippen MR) is 55.4 cm³/mol. The van der Waals surface area contributed by atoms with Crippen molar-refractivity contribution >= 4 is 16.7 Å². The third kappa shape index (κ3) is 2.78. The van der Waals surface area contributed by atoms with Crippen LogP contribution in [0.5, 0.6) is 0 Å². The third-order valence-electron chi connectivity index (χ3n) is 2.64. The van der Waals surface area contributed by atoms with Gasteiger partial charge in [0.1, 0.15) is 5.75 Å². The van der Waals surface area contributed by atoms with Crippen molar-refractivity contribution in [2.24, 2.45) is 0 Å². The minimum atomic E-state index is -0.922. The molecule has 1 saturated heterocycles. The Labute approximate surface area is 86.3 Å². The van der Waals surface area contributed by atoms with E-state index in [0.29, 0.717) is 17.8 Å². The first-order chi connectivity index (χ1) is 6.75. The van der Waals surface area contributed by atoms with E-state index >= 15 is 0 Å². The highest BCUT2D eigenvalue weighted by atomic mass is 32.2. The molecule has 1 aliphatic carbocycles. The van der Waals surface area contributed by atoms with Crippen molar-refractivity contribution in [2.75, 3.05) is 18.8 Å². The first kappa shape index (κ1) is 10.1. The molecule has 0 bridgehead atoms. The lowest BCUT2D eigenvalue weighted by Crippen LogP contribution is -2.50. The normalized spacial score (nSPS) is 27.9. The highest BCUT2D eigenvalue weighted by molar-refractivity contribution is 7.86. The number of amides is 1. The Kier molecular flexibility index (Phi) is 3.18. The number of carbonyl (C=O) groups is 1. The Morgan fingerprint density at radius 1 is 1.43 bits per heavy atom. The second-order valence-corrected chi connectivity index (χ2v) is 5.69. The minimum Gasteiger partial charge on any atom is -0.354 e. The van der Waals surface area contributed by atoms with Gasteiger partial charge in [-0.3, -0.25) is 9.00 Å². The zero-order chi connectivity index (χ0) is 9.97. The van der Waals surface area contributed by atoms with E-state index in [9.17, 15) is 9.00 Å². The predicted octanol–water partition coefficient (Wildman–Crippen LogP) is -0.624. The van der Waals surface area contributed by atoms with Gasteiger partial charge in [-0.25, -0.2) is 0 Å². The molecule has 0 spiro atoms. The molecule has 0 radical (unpaired) electrons. The molecule has 1 saturated carbocycles. The lowest BCUT2D eigenvalue weighted by molar-refractivity contribution is -0.118.